The predicted octanol–water partition coefficient (Wildman–Crippen LogP) is 1.56. The largest absolute Gasteiger partial charge is 0.384 e. The van der Waals surface area contributed by atoms with E-state index in [1.54, 1.807) is 14.0 Å². The summed E-state index contributed by atoms with van der Waals surface area (Å²) in [5, 5.41) is 0. The number of ketones is 1. The van der Waals surface area contributed by atoms with Crippen LogP contribution in [0.1, 0.15) is 19.8 Å². The Labute approximate surface area is 67.2 Å². The Kier molecular flexibility index (Phi) is 2.45. The molecule has 0 radical (unpaired) electrons. The van der Waals surface area contributed by atoms with Crippen LogP contribution in [0.3, 0.4) is 0 Å². The second-order valence-electron chi connectivity index (χ2n) is 3.15. The average molecular weight is 154 g/mol. The summed E-state index contributed by atoms with van der Waals surface area (Å²) in [5.74, 6) is 0.240. The lowest BCUT2D eigenvalue weighted by atomic mass is 9.82. The number of carbonyl (C=O) groups excluding carboxylic acids is 1. The van der Waals surface area contributed by atoms with Gasteiger partial charge in [-0.25, -0.2) is 0 Å². The van der Waals surface area contributed by atoms with E-state index in [9.17, 15) is 4.79 Å². The summed E-state index contributed by atoms with van der Waals surface area (Å²) in [7, 11) is 1.64. The fraction of sp³-hybridized carbons (Fsp3) is 0.667. The van der Waals surface area contributed by atoms with E-state index >= 15 is 0 Å². The first-order valence-corrected chi connectivity index (χ1v) is 3.86. The van der Waals surface area contributed by atoms with Gasteiger partial charge in [0.15, 0.2) is 0 Å². The molecule has 2 heteroatoms. The zero-order valence-electron chi connectivity index (χ0n) is 7.09. The number of ether oxygens (including phenoxy) is 1. The highest BCUT2D eigenvalue weighted by molar-refractivity contribution is 5.83. The van der Waals surface area contributed by atoms with E-state index in [0.29, 0.717) is 6.61 Å². The molecule has 0 fully saturated rings. The van der Waals surface area contributed by atoms with Gasteiger partial charge in [0.05, 0.1) is 12.0 Å². The molecular formula is C9H14O2. The molecule has 0 aromatic rings. The molecule has 0 aromatic carbocycles. The summed E-state index contributed by atoms with van der Waals surface area (Å²) in [6.45, 7) is 2.20. The van der Waals surface area contributed by atoms with Crippen molar-refractivity contribution in [1.82, 2.24) is 0 Å². The molecule has 0 bridgehead atoms. The van der Waals surface area contributed by atoms with E-state index in [1.165, 1.54) is 0 Å². The number of hydrogen-bond donors (Lipinski definition) is 0. The molecule has 62 valence electrons. The Hall–Kier alpha value is -0.630. The number of hydrogen-bond acceptors (Lipinski definition) is 2. The van der Waals surface area contributed by atoms with Crippen LogP contribution < -0.4 is 0 Å². The summed E-state index contributed by atoms with van der Waals surface area (Å²) >= 11 is 0. The van der Waals surface area contributed by atoms with Crippen molar-refractivity contribution in [3.63, 3.8) is 0 Å². The van der Waals surface area contributed by atoms with Crippen molar-refractivity contribution in [2.24, 2.45) is 5.41 Å². The number of methoxy groups -OCH3 is 1. The number of carbonyl (C=O) groups is 1. The van der Waals surface area contributed by atoms with Crippen LogP contribution in [0.2, 0.25) is 0 Å². The van der Waals surface area contributed by atoms with Crippen molar-refractivity contribution in [2.75, 3.05) is 13.7 Å². The van der Waals surface area contributed by atoms with Crippen molar-refractivity contribution in [2.45, 2.75) is 19.8 Å². The van der Waals surface area contributed by atoms with Crippen LogP contribution in [0.4, 0.5) is 0 Å². The maximum Gasteiger partial charge on any atom is 0.138 e. The summed E-state index contributed by atoms with van der Waals surface area (Å²) in [5.41, 5.74) is -0.227. The molecule has 0 aromatic heterocycles. The summed E-state index contributed by atoms with van der Waals surface area (Å²) in [6.07, 6.45) is 5.80. The molecule has 0 saturated carbocycles. The van der Waals surface area contributed by atoms with Crippen molar-refractivity contribution >= 4 is 5.78 Å². The summed E-state index contributed by atoms with van der Waals surface area (Å²) in [6, 6.07) is 0. The van der Waals surface area contributed by atoms with Gasteiger partial charge in [-0.3, -0.25) is 4.79 Å². The molecular weight excluding hydrogens is 140 g/mol. The Morgan fingerprint density at radius 2 is 2.09 bits per heavy atom. The molecule has 0 amide bonds. The Bertz CT molecular complexity index is 174. The normalized spacial score (nSPS) is 20.5. The first kappa shape index (κ1) is 8.47. The Morgan fingerprint density at radius 1 is 1.55 bits per heavy atom. The van der Waals surface area contributed by atoms with E-state index in [2.05, 4.69) is 12.2 Å². The molecule has 11 heavy (non-hydrogen) atoms. The highest BCUT2D eigenvalue weighted by atomic mass is 16.5. The average Bonchev–Trinajstić information content (AvgIpc) is 2.38. The van der Waals surface area contributed by atoms with Crippen LogP contribution in [-0.4, -0.2) is 19.5 Å². The zero-order valence-corrected chi connectivity index (χ0v) is 7.09. The second kappa shape index (κ2) is 3.18. The third kappa shape index (κ3) is 1.51. The highest BCUT2D eigenvalue weighted by Crippen LogP contribution is 2.34. The molecule has 0 heterocycles. The van der Waals surface area contributed by atoms with Gasteiger partial charge in [0.2, 0.25) is 0 Å². The molecule has 0 unspecified atom stereocenters. The fourth-order valence-electron chi connectivity index (χ4n) is 1.48. The first-order chi connectivity index (χ1) is 5.21. The lowest BCUT2D eigenvalue weighted by molar-refractivity contribution is -0.128. The Morgan fingerprint density at radius 3 is 2.45 bits per heavy atom. The number of Topliss-reactive ketones (excluding diaryl/α,β-unsaturated/α-hetero) is 1. The van der Waals surface area contributed by atoms with Crippen molar-refractivity contribution < 1.29 is 9.53 Å². The van der Waals surface area contributed by atoms with E-state index in [-0.39, 0.29) is 11.2 Å². The molecule has 0 aliphatic heterocycles. The van der Waals surface area contributed by atoms with Crippen LogP contribution >= 0.6 is 0 Å². The van der Waals surface area contributed by atoms with Gasteiger partial charge in [0, 0.05) is 7.11 Å². The third-order valence-electron chi connectivity index (χ3n) is 2.35. The molecule has 1 rings (SSSR count). The van der Waals surface area contributed by atoms with Crippen molar-refractivity contribution in [3.05, 3.63) is 12.2 Å². The SMILES string of the molecule is COCC1(C(C)=O)CC=CC1. The molecule has 2 nitrogen and oxygen atoms in total. The van der Waals surface area contributed by atoms with Crippen molar-refractivity contribution in [3.8, 4) is 0 Å². The van der Waals surface area contributed by atoms with E-state index in [4.69, 9.17) is 4.74 Å². The lowest BCUT2D eigenvalue weighted by Crippen LogP contribution is -2.31. The quantitative estimate of drug-likeness (QED) is 0.576. The maximum atomic E-state index is 11.2. The maximum absolute atomic E-state index is 11.2. The van der Waals surface area contributed by atoms with E-state index < -0.39 is 0 Å². The molecule has 0 N–H and O–H groups in total. The second-order valence-corrected chi connectivity index (χ2v) is 3.15. The van der Waals surface area contributed by atoms with Gasteiger partial charge in [-0.15, -0.1) is 0 Å². The molecule has 0 spiro atoms. The molecule has 0 saturated heterocycles. The monoisotopic (exact) mass is 154 g/mol. The van der Waals surface area contributed by atoms with Gasteiger partial charge in [0.1, 0.15) is 5.78 Å². The van der Waals surface area contributed by atoms with E-state index in [0.717, 1.165) is 12.8 Å². The Balaban J connectivity index is 2.65. The number of allylic oxidation sites excluding steroid dienone is 2. The van der Waals surface area contributed by atoms with Gasteiger partial charge in [-0.05, 0) is 19.8 Å². The molecule has 0 atom stereocenters. The first-order valence-electron chi connectivity index (χ1n) is 3.86. The van der Waals surface area contributed by atoms with Crippen molar-refractivity contribution in [1.29, 1.82) is 0 Å². The van der Waals surface area contributed by atoms with Gasteiger partial charge >= 0.3 is 0 Å². The highest BCUT2D eigenvalue weighted by Gasteiger charge is 2.35. The minimum atomic E-state index is -0.227. The van der Waals surface area contributed by atoms with Gasteiger partial charge < -0.3 is 4.74 Å². The fourth-order valence-corrected chi connectivity index (χ4v) is 1.48. The lowest BCUT2D eigenvalue weighted by Gasteiger charge is -2.24. The van der Waals surface area contributed by atoms with Crippen LogP contribution in [0.25, 0.3) is 0 Å². The standard InChI is InChI=1S/C9H14O2/c1-8(10)9(7-11-2)5-3-4-6-9/h3-4H,5-7H2,1-2H3. The minimum Gasteiger partial charge on any atom is -0.384 e. The minimum absolute atomic E-state index is 0.227. The summed E-state index contributed by atoms with van der Waals surface area (Å²) in [4.78, 5) is 11.2. The van der Waals surface area contributed by atoms with Gasteiger partial charge in [0.25, 0.3) is 0 Å². The van der Waals surface area contributed by atoms with Crippen LogP contribution in [0.5, 0.6) is 0 Å². The molecule has 1 aliphatic carbocycles. The van der Waals surface area contributed by atoms with Crippen LogP contribution in [-0.2, 0) is 9.53 Å². The number of rotatable bonds is 3. The van der Waals surface area contributed by atoms with Gasteiger partial charge in [-0.2, -0.15) is 0 Å². The zero-order chi connectivity index (χ0) is 8.32. The van der Waals surface area contributed by atoms with Gasteiger partial charge in [-0.1, -0.05) is 12.2 Å². The molecule has 1 aliphatic rings. The summed E-state index contributed by atoms with van der Waals surface area (Å²) < 4.78 is 5.03. The predicted molar refractivity (Wildman–Crippen MR) is 43.4 cm³/mol. The topological polar surface area (TPSA) is 26.3 Å². The van der Waals surface area contributed by atoms with E-state index in [1.807, 2.05) is 0 Å². The smallest absolute Gasteiger partial charge is 0.138 e. The third-order valence-corrected chi connectivity index (χ3v) is 2.35. The van der Waals surface area contributed by atoms with Crippen LogP contribution in [0, 0.1) is 5.41 Å². The van der Waals surface area contributed by atoms with Crippen LogP contribution in [0.15, 0.2) is 12.2 Å².